The highest BCUT2D eigenvalue weighted by molar-refractivity contribution is 5.85. The fraction of sp³-hybridized carbons (Fsp3) is 0.476. The number of benzene rings is 1. The number of anilines is 1. The van der Waals surface area contributed by atoms with Gasteiger partial charge < -0.3 is 19.7 Å². The van der Waals surface area contributed by atoms with Gasteiger partial charge in [0.05, 0.1) is 17.2 Å². The zero-order chi connectivity index (χ0) is 19.3. The van der Waals surface area contributed by atoms with Crippen LogP contribution in [0.5, 0.6) is 0 Å². The SMILES string of the molecule is Cn1cnc2cc(N3CCCC4=C3NC(C(=O)N3CCCC3)C4)ccc2c1=O. The second-order valence-corrected chi connectivity index (χ2v) is 8.00. The van der Waals surface area contributed by atoms with Crippen LogP contribution in [0.3, 0.4) is 0 Å². The summed E-state index contributed by atoms with van der Waals surface area (Å²) in [4.78, 5) is 33.8. The first kappa shape index (κ1) is 17.3. The van der Waals surface area contributed by atoms with Gasteiger partial charge in [0.1, 0.15) is 11.9 Å². The zero-order valence-corrected chi connectivity index (χ0v) is 16.1. The lowest BCUT2D eigenvalue weighted by atomic mass is 10.0. The summed E-state index contributed by atoms with van der Waals surface area (Å²) in [5.74, 6) is 1.31. The van der Waals surface area contributed by atoms with Crippen molar-refractivity contribution in [3.05, 3.63) is 46.3 Å². The van der Waals surface area contributed by atoms with E-state index in [1.165, 1.54) is 10.1 Å². The van der Waals surface area contributed by atoms with Crippen molar-refractivity contribution in [2.75, 3.05) is 24.5 Å². The number of fused-ring (bicyclic) bond motifs is 1. The summed E-state index contributed by atoms with van der Waals surface area (Å²) >= 11 is 0. The van der Waals surface area contributed by atoms with Gasteiger partial charge in [-0.2, -0.15) is 0 Å². The Hall–Kier alpha value is -2.83. The van der Waals surface area contributed by atoms with E-state index in [2.05, 4.69) is 15.2 Å². The lowest BCUT2D eigenvalue weighted by Crippen LogP contribution is -2.44. The number of carbonyl (C=O) groups is 1. The number of nitrogens with zero attached hydrogens (tertiary/aromatic N) is 4. The molecule has 3 aliphatic heterocycles. The largest absolute Gasteiger partial charge is 0.360 e. The van der Waals surface area contributed by atoms with E-state index in [1.807, 2.05) is 23.1 Å². The summed E-state index contributed by atoms with van der Waals surface area (Å²) < 4.78 is 1.50. The smallest absolute Gasteiger partial charge is 0.260 e. The Balaban J connectivity index is 1.43. The third-order valence-corrected chi connectivity index (χ3v) is 6.16. The van der Waals surface area contributed by atoms with Crippen molar-refractivity contribution >= 4 is 22.5 Å². The molecule has 1 unspecified atom stereocenters. The van der Waals surface area contributed by atoms with E-state index in [-0.39, 0.29) is 17.5 Å². The number of nitrogens with one attached hydrogen (secondary N) is 1. The number of hydrogen-bond donors (Lipinski definition) is 1. The van der Waals surface area contributed by atoms with Crippen molar-refractivity contribution in [2.45, 2.75) is 38.1 Å². The van der Waals surface area contributed by atoms with Gasteiger partial charge in [0.25, 0.3) is 5.56 Å². The van der Waals surface area contributed by atoms with Crippen LogP contribution in [0, 0.1) is 0 Å². The lowest BCUT2D eigenvalue weighted by molar-refractivity contribution is -0.131. The zero-order valence-electron chi connectivity index (χ0n) is 16.1. The van der Waals surface area contributed by atoms with Crippen LogP contribution in [0.15, 0.2) is 40.7 Å². The van der Waals surface area contributed by atoms with Crippen molar-refractivity contribution < 1.29 is 4.79 Å². The molecule has 1 saturated heterocycles. The minimum Gasteiger partial charge on any atom is -0.360 e. The van der Waals surface area contributed by atoms with E-state index in [0.717, 1.165) is 63.2 Å². The molecule has 1 fully saturated rings. The Kier molecular flexibility index (Phi) is 4.10. The van der Waals surface area contributed by atoms with Crippen LogP contribution in [-0.4, -0.2) is 46.0 Å². The van der Waals surface area contributed by atoms with Gasteiger partial charge >= 0.3 is 0 Å². The first-order valence-corrected chi connectivity index (χ1v) is 10.1. The van der Waals surface area contributed by atoms with E-state index in [0.29, 0.717) is 10.9 Å². The number of aryl methyl sites for hydroxylation is 1. The molecule has 5 rings (SSSR count). The van der Waals surface area contributed by atoms with Crippen LogP contribution in [0.2, 0.25) is 0 Å². The van der Waals surface area contributed by atoms with Crippen molar-refractivity contribution in [1.29, 1.82) is 0 Å². The molecule has 146 valence electrons. The van der Waals surface area contributed by atoms with Gasteiger partial charge in [-0.15, -0.1) is 0 Å². The van der Waals surface area contributed by atoms with Gasteiger partial charge in [0.2, 0.25) is 5.91 Å². The second kappa shape index (κ2) is 6.65. The van der Waals surface area contributed by atoms with E-state index in [4.69, 9.17) is 0 Å². The van der Waals surface area contributed by atoms with E-state index in [1.54, 1.807) is 13.4 Å². The molecule has 7 nitrogen and oxygen atoms in total. The summed E-state index contributed by atoms with van der Waals surface area (Å²) in [5, 5.41) is 4.14. The number of aromatic nitrogens is 2. The molecule has 1 aromatic heterocycles. The molecule has 1 atom stereocenters. The Labute approximate surface area is 163 Å². The summed E-state index contributed by atoms with van der Waals surface area (Å²) in [6.07, 6.45) is 6.69. The predicted molar refractivity (Wildman–Crippen MR) is 108 cm³/mol. The lowest BCUT2D eigenvalue weighted by Gasteiger charge is -2.31. The normalized spacial score (nSPS) is 22.0. The molecular weight excluding hydrogens is 354 g/mol. The first-order chi connectivity index (χ1) is 13.6. The van der Waals surface area contributed by atoms with Gasteiger partial charge in [0, 0.05) is 38.8 Å². The summed E-state index contributed by atoms with van der Waals surface area (Å²) in [6, 6.07) is 5.67. The molecule has 2 aromatic rings. The van der Waals surface area contributed by atoms with E-state index < -0.39 is 0 Å². The maximum Gasteiger partial charge on any atom is 0.260 e. The third-order valence-electron chi connectivity index (χ3n) is 6.16. The fourth-order valence-corrected chi connectivity index (χ4v) is 4.64. The van der Waals surface area contributed by atoms with Gasteiger partial charge in [-0.1, -0.05) is 0 Å². The number of hydrogen-bond acceptors (Lipinski definition) is 5. The van der Waals surface area contributed by atoms with Crippen molar-refractivity contribution in [2.24, 2.45) is 7.05 Å². The molecule has 0 spiro atoms. The van der Waals surface area contributed by atoms with Gasteiger partial charge in [-0.05, 0) is 49.5 Å². The molecule has 1 amide bonds. The standard InChI is InChI=1S/C21H25N5O2/c1-24-13-22-17-12-15(6-7-16(17)20(24)27)26-10-4-5-14-11-18(23-19(14)26)21(28)25-8-2-3-9-25/h6-7,12-13,18,23H,2-5,8-11H2,1H3. The number of likely N-dealkylation sites (tertiary alicyclic amines) is 1. The van der Waals surface area contributed by atoms with Gasteiger partial charge in [-0.3, -0.25) is 9.59 Å². The van der Waals surface area contributed by atoms with E-state index >= 15 is 0 Å². The maximum absolute atomic E-state index is 12.8. The summed E-state index contributed by atoms with van der Waals surface area (Å²) in [6.45, 7) is 2.67. The molecular formula is C21H25N5O2. The van der Waals surface area contributed by atoms with Gasteiger partial charge in [-0.25, -0.2) is 4.98 Å². The van der Waals surface area contributed by atoms with Crippen LogP contribution >= 0.6 is 0 Å². The van der Waals surface area contributed by atoms with Crippen molar-refractivity contribution in [3.8, 4) is 0 Å². The average Bonchev–Trinajstić information content (AvgIpc) is 3.39. The van der Waals surface area contributed by atoms with Crippen LogP contribution in [0.4, 0.5) is 5.69 Å². The highest BCUT2D eigenvalue weighted by Gasteiger charge is 2.36. The molecule has 7 heteroatoms. The van der Waals surface area contributed by atoms with E-state index in [9.17, 15) is 9.59 Å². The Bertz CT molecular complexity index is 1030. The molecule has 0 bridgehead atoms. The number of carbonyl (C=O) groups excluding carboxylic acids is 1. The Morgan fingerprint density at radius 1 is 1.18 bits per heavy atom. The molecule has 1 N–H and O–H groups in total. The topological polar surface area (TPSA) is 70.5 Å². The fourth-order valence-electron chi connectivity index (χ4n) is 4.64. The second-order valence-electron chi connectivity index (χ2n) is 8.00. The van der Waals surface area contributed by atoms with Crippen LogP contribution in [-0.2, 0) is 11.8 Å². The first-order valence-electron chi connectivity index (χ1n) is 10.1. The monoisotopic (exact) mass is 379 g/mol. The molecule has 28 heavy (non-hydrogen) atoms. The van der Waals surface area contributed by atoms with Crippen LogP contribution in [0.1, 0.15) is 32.1 Å². The molecule has 0 saturated carbocycles. The maximum atomic E-state index is 12.8. The Morgan fingerprint density at radius 2 is 2.00 bits per heavy atom. The highest BCUT2D eigenvalue weighted by atomic mass is 16.2. The highest BCUT2D eigenvalue weighted by Crippen LogP contribution is 2.34. The van der Waals surface area contributed by atoms with Crippen molar-refractivity contribution in [1.82, 2.24) is 19.8 Å². The van der Waals surface area contributed by atoms with Crippen molar-refractivity contribution in [3.63, 3.8) is 0 Å². The third kappa shape index (κ3) is 2.77. The average molecular weight is 379 g/mol. The Morgan fingerprint density at radius 3 is 2.82 bits per heavy atom. The number of amides is 1. The van der Waals surface area contributed by atoms with Crippen LogP contribution in [0.25, 0.3) is 10.9 Å². The van der Waals surface area contributed by atoms with Crippen LogP contribution < -0.4 is 15.8 Å². The summed E-state index contributed by atoms with van der Waals surface area (Å²) in [5.41, 5.74) is 3.02. The predicted octanol–water partition coefficient (Wildman–Crippen LogP) is 1.73. The molecule has 3 aliphatic rings. The molecule has 0 aliphatic carbocycles. The number of rotatable bonds is 2. The molecule has 4 heterocycles. The summed E-state index contributed by atoms with van der Waals surface area (Å²) in [7, 11) is 1.71. The molecule has 0 radical (unpaired) electrons. The quantitative estimate of drug-likeness (QED) is 0.861. The minimum absolute atomic E-state index is 0.0367. The minimum atomic E-state index is -0.144. The molecule has 1 aromatic carbocycles. The van der Waals surface area contributed by atoms with Gasteiger partial charge in [0.15, 0.2) is 0 Å².